The molecule has 8 rings (SSSR count). The van der Waals surface area contributed by atoms with E-state index in [4.69, 9.17) is 33.1 Å². The summed E-state index contributed by atoms with van der Waals surface area (Å²) in [5, 5.41) is 23.4. The van der Waals surface area contributed by atoms with Crippen LogP contribution >= 0.6 is 23.2 Å². The standard InChI is InChI=1S/C49H46Cl2N8O5.CH2O2/c50-39-29-40(51)38(28-37(39)41-10-4-5-23-52-41)47(62)55-44-30-43(57-59(44)36-8-2-1-3-9-36)48(63)53-24-6-7-31-11-13-32(14-12-31)27-46(61)58-25-21-34(22-26-58)33-15-17-35(18-16-33)54-42-19-20-45(60)56-49(42)64;2-1-3/h1-5,8-18,23,28-30,34,42,54H,6-7,19-22,24-27H2,(H,53,63)(H,55,62)(H,56,60,64);1H,(H,2,3). The van der Waals surface area contributed by atoms with E-state index in [0.717, 1.165) is 36.1 Å². The van der Waals surface area contributed by atoms with E-state index in [1.165, 1.54) is 22.4 Å². The van der Waals surface area contributed by atoms with Crippen molar-refractivity contribution in [2.75, 3.05) is 30.3 Å². The van der Waals surface area contributed by atoms with Crippen molar-refractivity contribution in [3.63, 3.8) is 0 Å². The number of aryl methyl sites for hydroxylation is 1. The Bertz CT molecular complexity index is 2710. The molecule has 5 N–H and O–H groups in total. The first-order chi connectivity index (χ1) is 32.5. The number of carboxylic acid groups (broad SMARTS) is 1. The van der Waals surface area contributed by atoms with Gasteiger partial charge in [-0.3, -0.25) is 39.1 Å². The van der Waals surface area contributed by atoms with Crippen LogP contribution in [0.25, 0.3) is 16.9 Å². The maximum absolute atomic E-state index is 13.7. The highest BCUT2D eigenvalue weighted by molar-refractivity contribution is 6.38. The van der Waals surface area contributed by atoms with Gasteiger partial charge in [-0.25, -0.2) is 4.68 Å². The number of aromatic nitrogens is 3. The Balaban J connectivity index is 0.00000216. The van der Waals surface area contributed by atoms with Crippen LogP contribution in [-0.4, -0.2) is 86.5 Å². The number of imide groups is 1. The Morgan fingerprint density at radius 2 is 1.52 bits per heavy atom. The smallest absolute Gasteiger partial charge is 0.290 e. The van der Waals surface area contributed by atoms with E-state index in [1.54, 1.807) is 24.4 Å². The second kappa shape index (κ2) is 22.7. The number of rotatable bonds is 14. The lowest BCUT2D eigenvalue weighted by Crippen LogP contribution is -2.47. The molecule has 2 aliphatic heterocycles. The molecule has 6 aromatic rings. The van der Waals surface area contributed by atoms with Crippen LogP contribution in [0.3, 0.4) is 0 Å². The quantitative estimate of drug-likeness (QED) is 0.0409. The number of piperidine rings is 2. The van der Waals surface area contributed by atoms with Gasteiger partial charge in [0.05, 0.1) is 33.4 Å². The van der Waals surface area contributed by atoms with Gasteiger partial charge in [-0.05, 0) is 103 Å². The van der Waals surface area contributed by atoms with Crippen LogP contribution in [0.1, 0.15) is 75.6 Å². The average Bonchev–Trinajstić information content (AvgIpc) is 3.76. The van der Waals surface area contributed by atoms with Crippen molar-refractivity contribution >= 4 is 70.7 Å². The van der Waals surface area contributed by atoms with Crippen molar-refractivity contribution in [3.8, 4) is 16.9 Å². The SMILES string of the molecule is O=C1CCC(Nc2ccc(C3CCN(C(=O)Cc4ccc(CCCNC(=O)c5cc(NC(=O)c6cc(-c7ccccn7)c(Cl)cc6Cl)n(-c6ccccc6)n5)cc4)CC3)cc2)C(=O)N1.O=CO. The van der Waals surface area contributed by atoms with Gasteiger partial charge in [0.25, 0.3) is 18.3 Å². The van der Waals surface area contributed by atoms with E-state index in [0.29, 0.717) is 73.2 Å². The van der Waals surface area contributed by atoms with Crippen molar-refractivity contribution in [1.82, 2.24) is 30.3 Å². The highest BCUT2D eigenvalue weighted by atomic mass is 35.5. The molecule has 0 aliphatic carbocycles. The fourth-order valence-corrected chi connectivity index (χ4v) is 8.58. The van der Waals surface area contributed by atoms with Gasteiger partial charge in [-0.15, -0.1) is 0 Å². The van der Waals surface area contributed by atoms with Gasteiger partial charge in [-0.2, -0.15) is 5.10 Å². The number of para-hydroxylation sites is 1. The van der Waals surface area contributed by atoms with E-state index >= 15 is 0 Å². The molecule has 0 saturated carbocycles. The zero-order valence-electron chi connectivity index (χ0n) is 36.3. The van der Waals surface area contributed by atoms with Crippen LogP contribution in [-0.2, 0) is 32.0 Å². The van der Waals surface area contributed by atoms with E-state index in [-0.39, 0.29) is 52.2 Å². The third-order valence-corrected chi connectivity index (χ3v) is 12.2. The second-order valence-electron chi connectivity index (χ2n) is 16.0. The molecule has 4 heterocycles. The summed E-state index contributed by atoms with van der Waals surface area (Å²) in [7, 11) is 0. The Morgan fingerprint density at radius 1 is 0.821 bits per heavy atom. The number of hydrogen-bond acceptors (Lipinski definition) is 9. The summed E-state index contributed by atoms with van der Waals surface area (Å²) >= 11 is 13.0. The maximum Gasteiger partial charge on any atom is 0.290 e. The summed E-state index contributed by atoms with van der Waals surface area (Å²) in [5.74, 6) is -0.687. The lowest BCUT2D eigenvalue weighted by Gasteiger charge is -2.32. The minimum absolute atomic E-state index is 0.110. The van der Waals surface area contributed by atoms with Gasteiger partial charge < -0.3 is 26.0 Å². The molecule has 67 heavy (non-hydrogen) atoms. The van der Waals surface area contributed by atoms with E-state index in [1.807, 2.05) is 77.7 Å². The number of anilines is 2. The summed E-state index contributed by atoms with van der Waals surface area (Å²) in [6, 6.07) is 34.9. The van der Waals surface area contributed by atoms with Crippen LogP contribution < -0.4 is 21.3 Å². The Morgan fingerprint density at radius 3 is 2.21 bits per heavy atom. The molecule has 17 heteroatoms. The molecule has 2 aromatic heterocycles. The highest BCUT2D eigenvalue weighted by Gasteiger charge is 2.27. The summed E-state index contributed by atoms with van der Waals surface area (Å²) in [6.45, 7) is 1.53. The predicted octanol–water partition coefficient (Wildman–Crippen LogP) is 7.72. The van der Waals surface area contributed by atoms with Gasteiger partial charge in [0, 0.05) is 49.6 Å². The van der Waals surface area contributed by atoms with Crippen LogP contribution in [0.15, 0.2) is 121 Å². The van der Waals surface area contributed by atoms with E-state index < -0.39 is 11.9 Å². The number of carbonyl (C=O) groups is 6. The Hall–Kier alpha value is -7.36. The minimum Gasteiger partial charge on any atom is -0.483 e. The molecule has 4 aromatic carbocycles. The first kappa shape index (κ1) is 47.6. The normalized spacial score (nSPS) is 14.8. The van der Waals surface area contributed by atoms with E-state index in [2.05, 4.69) is 43.5 Å². The number of halogens is 2. The van der Waals surface area contributed by atoms with Crippen LogP contribution in [0.2, 0.25) is 10.0 Å². The number of amides is 5. The molecule has 0 spiro atoms. The number of nitrogens with zero attached hydrogens (tertiary/aromatic N) is 4. The number of pyridine rings is 1. The summed E-state index contributed by atoms with van der Waals surface area (Å²) in [5.41, 5.74) is 6.18. The second-order valence-corrected chi connectivity index (χ2v) is 16.8. The fourth-order valence-electron chi connectivity index (χ4n) is 8.01. The van der Waals surface area contributed by atoms with Gasteiger partial charge in [-0.1, -0.05) is 83.9 Å². The van der Waals surface area contributed by atoms with Gasteiger partial charge >= 0.3 is 0 Å². The van der Waals surface area contributed by atoms with Gasteiger partial charge in [0.15, 0.2) is 5.69 Å². The molecule has 2 fully saturated rings. The number of hydrogen-bond donors (Lipinski definition) is 5. The maximum atomic E-state index is 13.7. The summed E-state index contributed by atoms with van der Waals surface area (Å²) in [4.78, 5) is 78.5. The lowest BCUT2D eigenvalue weighted by atomic mass is 9.89. The minimum atomic E-state index is -0.512. The monoisotopic (exact) mass is 942 g/mol. The first-order valence-corrected chi connectivity index (χ1v) is 22.5. The van der Waals surface area contributed by atoms with Crippen molar-refractivity contribution in [1.29, 1.82) is 0 Å². The van der Waals surface area contributed by atoms with Crippen molar-refractivity contribution in [2.45, 2.75) is 56.9 Å². The van der Waals surface area contributed by atoms with Crippen LogP contribution in [0.4, 0.5) is 11.5 Å². The van der Waals surface area contributed by atoms with Crippen molar-refractivity contribution in [2.24, 2.45) is 0 Å². The number of carbonyl (C=O) groups excluding carboxylic acids is 5. The molecular weight excluding hydrogens is 896 g/mol. The molecule has 0 bridgehead atoms. The largest absolute Gasteiger partial charge is 0.483 e. The van der Waals surface area contributed by atoms with Crippen molar-refractivity contribution in [3.05, 3.63) is 159 Å². The third kappa shape index (κ3) is 12.5. The molecule has 2 aliphatic rings. The van der Waals surface area contributed by atoms with Gasteiger partial charge in [0.2, 0.25) is 17.7 Å². The van der Waals surface area contributed by atoms with Crippen molar-refractivity contribution < 1.29 is 33.9 Å². The molecule has 344 valence electrons. The zero-order valence-corrected chi connectivity index (χ0v) is 37.8. The number of likely N-dealkylation sites (tertiary alicyclic amines) is 1. The predicted molar refractivity (Wildman–Crippen MR) is 255 cm³/mol. The molecule has 5 amide bonds. The fraction of sp³-hybridized carbons (Fsp3) is 0.240. The average molecular weight is 944 g/mol. The molecule has 0 radical (unpaired) electrons. The molecule has 15 nitrogen and oxygen atoms in total. The Labute approximate surface area is 396 Å². The Kier molecular flexibility index (Phi) is 16.1. The van der Waals surface area contributed by atoms with Crippen LogP contribution in [0, 0.1) is 0 Å². The van der Waals surface area contributed by atoms with E-state index in [9.17, 15) is 24.0 Å². The first-order valence-electron chi connectivity index (χ1n) is 21.8. The highest BCUT2D eigenvalue weighted by Crippen LogP contribution is 2.33. The zero-order chi connectivity index (χ0) is 47.3. The third-order valence-electron chi connectivity index (χ3n) is 11.5. The van der Waals surface area contributed by atoms with Crippen LogP contribution in [0.5, 0.6) is 0 Å². The molecule has 1 unspecified atom stereocenters. The van der Waals surface area contributed by atoms with Gasteiger partial charge in [0.1, 0.15) is 11.9 Å². The number of benzene rings is 4. The summed E-state index contributed by atoms with van der Waals surface area (Å²) in [6.07, 6.45) is 5.92. The summed E-state index contributed by atoms with van der Waals surface area (Å²) < 4.78 is 1.50. The molecular formula is C50H48Cl2N8O7. The number of nitrogens with one attached hydrogen (secondary N) is 4. The molecule has 2 saturated heterocycles. The lowest BCUT2D eigenvalue weighted by molar-refractivity contribution is -0.134. The molecule has 1 atom stereocenters. The topological polar surface area (TPSA) is 205 Å².